The molecule has 0 aromatic heterocycles. The smallest absolute Gasteiger partial charge is 0.0450 e. The lowest BCUT2D eigenvalue weighted by Gasteiger charge is -2.26. The highest BCUT2D eigenvalue weighted by molar-refractivity contribution is 6.31. The molecule has 1 fully saturated rings. The van der Waals surface area contributed by atoms with Gasteiger partial charge >= 0.3 is 0 Å². The Hall–Kier alpha value is -1.71. The third-order valence-electron chi connectivity index (χ3n) is 7.52. The van der Waals surface area contributed by atoms with E-state index in [-0.39, 0.29) is 0 Å². The first-order valence-corrected chi connectivity index (χ1v) is 14.5. The highest BCUT2D eigenvalue weighted by Gasteiger charge is 2.21. The van der Waals surface area contributed by atoms with Gasteiger partial charge in [0.15, 0.2) is 0 Å². The van der Waals surface area contributed by atoms with Crippen molar-refractivity contribution in [3.63, 3.8) is 0 Å². The zero-order chi connectivity index (χ0) is 24.0. The molecule has 0 aliphatic heterocycles. The third kappa shape index (κ3) is 9.15. The molecule has 2 aromatic carbocycles. The Morgan fingerprint density at radius 3 is 2.06 bits per heavy atom. The molecule has 0 bridgehead atoms. The molecule has 1 saturated carbocycles. The zero-order valence-electron chi connectivity index (χ0n) is 21.7. The van der Waals surface area contributed by atoms with Crippen LogP contribution in [0.25, 0.3) is 0 Å². The van der Waals surface area contributed by atoms with E-state index in [1.54, 1.807) is 0 Å². The molecule has 0 amide bonds. The lowest BCUT2D eigenvalue weighted by atomic mass is 9.78. The van der Waals surface area contributed by atoms with Gasteiger partial charge in [-0.05, 0) is 86.1 Å². The Labute approximate surface area is 214 Å². The van der Waals surface area contributed by atoms with Crippen molar-refractivity contribution in [3.8, 4) is 11.8 Å². The summed E-state index contributed by atoms with van der Waals surface area (Å²) in [5.74, 6) is 8.20. The van der Waals surface area contributed by atoms with E-state index in [1.807, 2.05) is 0 Å². The molecule has 184 valence electrons. The van der Waals surface area contributed by atoms with E-state index in [2.05, 4.69) is 68.2 Å². The van der Waals surface area contributed by atoms with Crippen molar-refractivity contribution >= 4 is 11.6 Å². The minimum absolute atomic E-state index is 0.520. The normalized spacial score (nSPS) is 17.9. The molecule has 0 spiro atoms. The van der Waals surface area contributed by atoms with Crippen LogP contribution in [0.5, 0.6) is 0 Å². The van der Waals surface area contributed by atoms with E-state index in [1.165, 1.54) is 107 Å². The summed E-state index contributed by atoms with van der Waals surface area (Å²) in [6.45, 7) is 4.53. The lowest BCUT2D eigenvalue weighted by molar-refractivity contribution is 0.384. The molecule has 0 saturated heterocycles. The number of halogens is 1. The van der Waals surface area contributed by atoms with Crippen LogP contribution in [0.2, 0.25) is 5.02 Å². The van der Waals surface area contributed by atoms with E-state index in [4.69, 9.17) is 11.6 Å². The molecule has 1 aliphatic rings. The zero-order valence-corrected chi connectivity index (χ0v) is 22.4. The number of aryl methyl sites for hydroxylation is 2. The second-order valence-electron chi connectivity index (χ2n) is 10.3. The Balaban J connectivity index is 1.43. The van der Waals surface area contributed by atoms with Gasteiger partial charge in [0.05, 0.1) is 0 Å². The van der Waals surface area contributed by atoms with Crippen molar-refractivity contribution in [2.75, 3.05) is 0 Å². The summed E-state index contributed by atoms with van der Waals surface area (Å²) in [6, 6.07) is 15.9. The van der Waals surface area contributed by atoms with E-state index in [0.29, 0.717) is 11.8 Å². The molecule has 34 heavy (non-hydrogen) atoms. The Kier molecular flexibility index (Phi) is 12.1. The third-order valence-corrected chi connectivity index (χ3v) is 7.87. The highest BCUT2D eigenvalue weighted by atomic mass is 35.5. The van der Waals surface area contributed by atoms with Gasteiger partial charge < -0.3 is 0 Å². The number of hydrogen-bond donors (Lipinski definition) is 0. The molecule has 2 aromatic rings. The van der Waals surface area contributed by atoms with Crippen molar-refractivity contribution < 1.29 is 0 Å². The summed E-state index contributed by atoms with van der Waals surface area (Å²) in [6.07, 6.45) is 19.1. The van der Waals surface area contributed by atoms with Crippen LogP contribution >= 0.6 is 11.6 Å². The van der Waals surface area contributed by atoms with Gasteiger partial charge in [0, 0.05) is 16.5 Å². The number of benzene rings is 2. The van der Waals surface area contributed by atoms with E-state index in [0.717, 1.165) is 17.0 Å². The summed E-state index contributed by atoms with van der Waals surface area (Å²) in [5.41, 5.74) is 5.37. The van der Waals surface area contributed by atoms with Crippen molar-refractivity contribution in [2.24, 2.45) is 5.92 Å². The monoisotopic (exact) mass is 476 g/mol. The standard InChI is InChI=1S/C33H45Cl/c1-3-5-7-9-10-12-27-16-21-30(22-17-27)31-23-18-28(19-24-31)14-15-29-20-25-32(33(34)26-29)13-11-8-6-4-2/h16-17,20-22,25-26,28,31H,3-13,18-19,23-24H2,1-2H3. The minimum atomic E-state index is 0.520. The van der Waals surface area contributed by atoms with Crippen LogP contribution < -0.4 is 0 Å². The van der Waals surface area contributed by atoms with E-state index in [9.17, 15) is 0 Å². The van der Waals surface area contributed by atoms with Gasteiger partial charge in [-0.2, -0.15) is 0 Å². The average molecular weight is 477 g/mol. The second-order valence-corrected chi connectivity index (χ2v) is 10.7. The molecule has 0 heterocycles. The fraction of sp³-hybridized carbons (Fsp3) is 0.576. The Morgan fingerprint density at radius 2 is 1.38 bits per heavy atom. The first kappa shape index (κ1) is 26.9. The maximum Gasteiger partial charge on any atom is 0.0450 e. The van der Waals surface area contributed by atoms with Crippen molar-refractivity contribution in [2.45, 2.75) is 116 Å². The molecule has 0 radical (unpaired) electrons. The van der Waals surface area contributed by atoms with Gasteiger partial charge in [0.1, 0.15) is 0 Å². The number of unbranched alkanes of at least 4 members (excludes halogenated alkanes) is 7. The average Bonchev–Trinajstić information content (AvgIpc) is 2.87. The van der Waals surface area contributed by atoms with Crippen LogP contribution in [0.3, 0.4) is 0 Å². The molecule has 1 heteroatoms. The molecule has 0 nitrogen and oxygen atoms in total. The Morgan fingerprint density at radius 1 is 0.735 bits per heavy atom. The first-order chi connectivity index (χ1) is 16.7. The van der Waals surface area contributed by atoms with Crippen LogP contribution in [0.15, 0.2) is 42.5 Å². The summed E-state index contributed by atoms with van der Waals surface area (Å²) in [5, 5.41) is 0.886. The Bertz CT molecular complexity index is 890. The summed E-state index contributed by atoms with van der Waals surface area (Å²) in [4.78, 5) is 0. The van der Waals surface area contributed by atoms with Crippen molar-refractivity contribution in [1.82, 2.24) is 0 Å². The maximum atomic E-state index is 6.54. The molecule has 0 N–H and O–H groups in total. The highest BCUT2D eigenvalue weighted by Crippen LogP contribution is 2.35. The van der Waals surface area contributed by atoms with Gasteiger partial charge in [0.25, 0.3) is 0 Å². The molecule has 1 aliphatic carbocycles. The van der Waals surface area contributed by atoms with Gasteiger partial charge in [-0.1, -0.05) is 113 Å². The number of rotatable bonds is 12. The lowest BCUT2D eigenvalue weighted by Crippen LogP contribution is -2.12. The minimum Gasteiger partial charge on any atom is -0.0945 e. The van der Waals surface area contributed by atoms with E-state index >= 15 is 0 Å². The van der Waals surface area contributed by atoms with Crippen LogP contribution in [0, 0.1) is 17.8 Å². The topological polar surface area (TPSA) is 0 Å². The molecule has 3 rings (SSSR count). The van der Waals surface area contributed by atoms with Gasteiger partial charge in [0.2, 0.25) is 0 Å². The SMILES string of the molecule is CCCCCCCc1ccc(C2CCC(C#Cc3ccc(CCCCCC)c(Cl)c3)CC2)cc1. The van der Waals surface area contributed by atoms with Crippen LogP contribution in [0.1, 0.15) is 125 Å². The summed E-state index contributed by atoms with van der Waals surface area (Å²) in [7, 11) is 0. The predicted molar refractivity (Wildman–Crippen MR) is 150 cm³/mol. The second kappa shape index (κ2) is 15.3. The van der Waals surface area contributed by atoms with Crippen molar-refractivity contribution in [1.29, 1.82) is 0 Å². The molecule has 0 unspecified atom stereocenters. The molecule has 0 atom stereocenters. The maximum absolute atomic E-state index is 6.54. The largest absolute Gasteiger partial charge is 0.0945 e. The number of hydrogen-bond acceptors (Lipinski definition) is 0. The summed E-state index contributed by atoms with van der Waals surface area (Å²) < 4.78 is 0. The van der Waals surface area contributed by atoms with Crippen LogP contribution in [-0.4, -0.2) is 0 Å². The van der Waals surface area contributed by atoms with Gasteiger partial charge in [-0.15, -0.1) is 0 Å². The van der Waals surface area contributed by atoms with E-state index < -0.39 is 0 Å². The first-order valence-electron chi connectivity index (χ1n) is 14.1. The fourth-order valence-corrected chi connectivity index (χ4v) is 5.49. The predicted octanol–water partition coefficient (Wildman–Crippen LogP) is 10.3. The van der Waals surface area contributed by atoms with Gasteiger partial charge in [-0.3, -0.25) is 0 Å². The molecular formula is C33H45Cl. The summed E-state index contributed by atoms with van der Waals surface area (Å²) >= 11 is 6.54. The van der Waals surface area contributed by atoms with Crippen LogP contribution in [-0.2, 0) is 12.8 Å². The quantitative estimate of drug-likeness (QED) is 0.211. The van der Waals surface area contributed by atoms with Crippen molar-refractivity contribution in [3.05, 3.63) is 69.7 Å². The molecular weight excluding hydrogens is 432 g/mol. The van der Waals surface area contributed by atoms with Gasteiger partial charge in [-0.25, -0.2) is 0 Å². The fourth-order valence-electron chi connectivity index (χ4n) is 5.22. The van der Waals surface area contributed by atoms with Crippen LogP contribution in [0.4, 0.5) is 0 Å².